The summed E-state index contributed by atoms with van der Waals surface area (Å²) >= 11 is 0. The average Bonchev–Trinajstić information content (AvgIpc) is 3.88. The first kappa shape index (κ1) is 27.8. The van der Waals surface area contributed by atoms with E-state index in [1.807, 2.05) is 54.6 Å². The average molecular weight is 743 g/mol. The van der Waals surface area contributed by atoms with Gasteiger partial charge in [-0.1, -0.05) is 170 Å². The summed E-state index contributed by atoms with van der Waals surface area (Å²) in [4.78, 5) is 0. The van der Waals surface area contributed by atoms with Crippen molar-refractivity contribution in [3.05, 3.63) is 212 Å². The molecule has 0 aliphatic carbocycles. The lowest BCUT2D eigenvalue weighted by molar-refractivity contribution is 0.669. The van der Waals surface area contributed by atoms with Crippen LogP contribution in [0.15, 0.2) is 217 Å². The molecule has 58 heavy (non-hydrogen) atoms. The molecule has 12 rings (SSSR count). The van der Waals surface area contributed by atoms with Crippen LogP contribution in [0.2, 0.25) is 0 Å². The number of hydrogen-bond donors (Lipinski definition) is 0. The third-order valence-electron chi connectivity index (χ3n) is 11.7. The summed E-state index contributed by atoms with van der Waals surface area (Å²) in [7, 11) is 0. The van der Waals surface area contributed by atoms with Crippen LogP contribution in [0.1, 0.15) is 6.85 Å². The molecule has 0 spiro atoms. The molecule has 0 unspecified atom stereocenters. The third-order valence-corrected chi connectivity index (χ3v) is 11.7. The minimum atomic E-state index is -0.404. The summed E-state index contributed by atoms with van der Waals surface area (Å²) in [6.45, 7) is 0. The van der Waals surface area contributed by atoms with Gasteiger partial charge in [0.15, 0.2) is 0 Å². The zero-order valence-corrected chi connectivity index (χ0v) is 31.2. The minimum Gasteiger partial charge on any atom is -0.456 e. The van der Waals surface area contributed by atoms with Gasteiger partial charge in [0.25, 0.3) is 0 Å². The molecule has 0 aliphatic rings. The number of hydrogen-bond acceptors (Lipinski definition) is 1. The Kier molecular flexibility index (Phi) is 6.21. The van der Waals surface area contributed by atoms with Gasteiger partial charge in [0.1, 0.15) is 11.2 Å². The van der Waals surface area contributed by atoms with E-state index in [-0.39, 0.29) is 29.7 Å². The molecule has 10 aromatic carbocycles. The van der Waals surface area contributed by atoms with Gasteiger partial charge in [-0.05, 0) is 103 Å². The van der Waals surface area contributed by atoms with Crippen LogP contribution in [0, 0.1) is 0 Å². The standard InChI is InChI=1S/C56H35NO/c1-3-15-37(16-4-1)53-43-20-7-9-22-45(43)54(46-23-10-8-21-44(46)53)38-29-27-36(28-30-38)41-32-34-52-56(47-24-12-14-26-51(47)58-52)55(41)39-31-33-50-48(35-39)42-19-11-13-25-49(42)57(50)40-17-5-2-6-18-40/h1-35H/i1D,3D,4D,15D,16D. The normalized spacial score (nSPS) is 13.0. The molecule has 0 amide bonds. The molecule has 2 heterocycles. The van der Waals surface area contributed by atoms with Crippen molar-refractivity contribution in [2.24, 2.45) is 0 Å². The fourth-order valence-electron chi connectivity index (χ4n) is 9.24. The molecule has 0 saturated heterocycles. The highest BCUT2D eigenvalue weighted by Crippen LogP contribution is 2.47. The summed E-state index contributed by atoms with van der Waals surface area (Å²) < 4.78 is 52.0. The van der Waals surface area contributed by atoms with Gasteiger partial charge in [-0.25, -0.2) is 0 Å². The quantitative estimate of drug-likeness (QED) is 0.161. The lowest BCUT2D eigenvalue weighted by Gasteiger charge is -2.18. The lowest BCUT2D eigenvalue weighted by atomic mass is 9.85. The maximum Gasteiger partial charge on any atom is 0.136 e. The number of nitrogens with zero attached hydrogens (tertiary/aromatic N) is 1. The number of fused-ring (bicyclic) bond motifs is 8. The summed E-state index contributed by atoms with van der Waals surface area (Å²) in [5.74, 6) is 0. The molecule has 270 valence electrons. The van der Waals surface area contributed by atoms with Crippen LogP contribution in [-0.4, -0.2) is 4.57 Å². The van der Waals surface area contributed by atoms with E-state index in [2.05, 4.69) is 132 Å². The number of rotatable bonds is 5. The summed E-state index contributed by atoms with van der Waals surface area (Å²) in [6.07, 6.45) is 0. The number of furan rings is 1. The van der Waals surface area contributed by atoms with E-state index in [0.29, 0.717) is 5.56 Å². The van der Waals surface area contributed by atoms with Gasteiger partial charge in [-0.2, -0.15) is 0 Å². The van der Waals surface area contributed by atoms with Gasteiger partial charge in [-0.15, -0.1) is 0 Å². The van der Waals surface area contributed by atoms with Crippen molar-refractivity contribution in [2.75, 3.05) is 0 Å². The highest BCUT2D eigenvalue weighted by Gasteiger charge is 2.21. The Bertz CT molecular complexity index is 3760. The predicted octanol–water partition coefficient (Wildman–Crippen LogP) is 15.7. The van der Waals surface area contributed by atoms with Gasteiger partial charge >= 0.3 is 0 Å². The Hall–Kier alpha value is -7.68. The Morgan fingerprint density at radius 2 is 0.914 bits per heavy atom. The van der Waals surface area contributed by atoms with E-state index >= 15 is 0 Å². The summed E-state index contributed by atoms with van der Waals surface area (Å²) in [5.41, 5.74) is 12.3. The van der Waals surface area contributed by atoms with Gasteiger partial charge in [0.2, 0.25) is 0 Å². The van der Waals surface area contributed by atoms with Crippen LogP contribution in [0.4, 0.5) is 0 Å². The van der Waals surface area contributed by atoms with E-state index in [9.17, 15) is 0 Å². The molecule has 0 N–H and O–H groups in total. The van der Waals surface area contributed by atoms with E-state index < -0.39 is 6.04 Å². The maximum atomic E-state index is 8.94. The van der Waals surface area contributed by atoms with E-state index in [1.54, 1.807) is 0 Å². The second-order valence-corrected chi connectivity index (χ2v) is 14.8. The first-order valence-corrected chi connectivity index (χ1v) is 19.5. The lowest BCUT2D eigenvalue weighted by Crippen LogP contribution is -1.93. The largest absolute Gasteiger partial charge is 0.456 e. The van der Waals surface area contributed by atoms with E-state index in [1.165, 1.54) is 10.8 Å². The fourth-order valence-corrected chi connectivity index (χ4v) is 9.24. The van der Waals surface area contributed by atoms with E-state index in [0.717, 1.165) is 93.6 Å². The summed E-state index contributed by atoms with van der Waals surface area (Å²) in [6, 6.07) is 61.6. The van der Waals surface area contributed by atoms with Crippen molar-refractivity contribution in [3.8, 4) is 50.2 Å². The monoisotopic (exact) mass is 742 g/mol. The molecule has 0 saturated carbocycles. The highest BCUT2D eigenvalue weighted by molar-refractivity contribution is 6.22. The molecular weight excluding hydrogens is 703 g/mol. The van der Waals surface area contributed by atoms with Crippen LogP contribution >= 0.6 is 0 Å². The SMILES string of the molecule is [2H]c1c([2H])c([2H])c(-c2c3ccccc3c(-c3ccc(-c4ccc5oc6ccccc6c5c4-c4ccc5c(c4)c4ccccc4n5-c4ccccc4)cc3)c3ccccc23)c([2H])c1[2H]. The van der Waals surface area contributed by atoms with Crippen LogP contribution in [0.5, 0.6) is 0 Å². The first-order chi connectivity index (χ1) is 30.9. The van der Waals surface area contributed by atoms with Gasteiger partial charge in [-0.3, -0.25) is 0 Å². The van der Waals surface area contributed by atoms with Crippen molar-refractivity contribution in [1.82, 2.24) is 4.57 Å². The predicted molar refractivity (Wildman–Crippen MR) is 245 cm³/mol. The molecule has 0 aliphatic heterocycles. The molecule has 2 aromatic heterocycles. The molecular formula is C56H35NO. The number of benzene rings is 10. The fraction of sp³-hybridized carbons (Fsp3) is 0. The smallest absolute Gasteiger partial charge is 0.136 e. The molecule has 0 bridgehead atoms. The first-order valence-electron chi connectivity index (χ1n) is 22.0. The van der Waals surface area contributed by atoms with Crippen molar-refractivity contribution < 1.29 is 11.3 Å². The number of para-hydroxylation sites is 3. The van der Waals surface area contributed by atoms with Crippen molar-refractivity contribution in [3.63, 3.8) is 0 Å². The number of aromatic nitrogens is 1. The second kappa shape index (κ2) is 12.9. The van der Waals surface area contributed by atoms with Crippen LogP contribution < -0.4 is 0 Å². The van der Waals surface area contributed by atoms with Gasteiger partial charge in [0.05, 0.1) is 17.9 Å². The Morgan fingerprint density at radius 1 is 0.362 bits per heavy atom. The van der Waals surface area contributed by atoms with Gasteiger partial charge in [0, 0.05) is 32.8 Å². The Balaban J connectivity index is 1.08. The summed E-state index contributed by atoms with van der Waals surface area (Å²) in [5, 5.41) is 7.98. The van der Waals surface area contributed by atoms with Crippen LogP contribution in [-0.2, 0) is 0 Å². The Morgan fingerprint density at radius 3 is 1.62 bits per heavy atom. The zero-order valence-electron chi connectivity index (χ0n) is 36.2. The second-order valence-electron chi connectivity index (χ2n) is 14.8. The minimum absolute atomic E-state index is 0.202. The molecule has 0 atom stereocenters. The molecule has 2 heteroatoms. The molecule has 2 nitrogen and oxygen atoms in total. The van der Waals surface area contributed by atoms with Crippen LogP contribution in [0.25, 0.3) is 115 Å². The molecule has 0 radical (unpaired) electrons. The third kappa shape index (κ3) is 4.92. The van der Waals surface area contributed by atoms with Crippen molar-refractivity contribution >= 4 is 65.3 Å². The van der Waals surface area contributed by atoms with Crippen LogP contribution in [0.3, 0.4) is 0 Å². The van der Waals surface area contributed by atoms with Gasteiger partial charge < -0.3 is 8.98 Å². The highest BCUT2D eigenvalue weighted by atomic mass is 16.3. The molecule has 0 fully saturated rings. The van der Waals surface area contributed by atoms with Crippen molar-refractivity contribution in [1.29, 1.82) is 0 Å². The zero-order chi connectivity index (χ0) is 42.5. The van der Waals surface area contributed by atoms with E-state index in [4.69, 9.17) is 11.3 Å². The van der Waals surface area contributed by atoms with Crippen molar-refractivity contribution in [2.45, 2.75) is 0 Å². The molecule has 12 aromatic rings. The topological polar surface area (TPSA) is 18.1 Å². The maximum absolute atomic E-state index is 8.94. The Labute approximate surface area is 342 Å².